The van der Waals surface area contributed by atoms with Crippen molar-refractivity contribution in [2.24, 2.45) is 5.92 Å². The molecule has 4 rings (SSSR count). The summed E-state index contributed by atoms with van der Waals surface area (Å²) in [6.07, 6.45) is 10.1. The molecule has 0 radical (unpaired) electrons. The molecule has 10 nitrogen and oxygen atoms in total. The van der Waals surface area contributed by atoms with E-state index in [-0.39, 0.29) is 62.1 Å². The van der Waals surface area contributed by atoms with Crippen LogP contribution in [0.3, 0.4) is 0 Å². The molecule has 10 heteroatoms. The molecule has 0 unspecified atom stereocenters. The van der Waals surface area contributed by atoms with Gasteiger partial charge in [-0.2, -0.15) is 0 Å². The van der Waals surface area contributed by atoms with Gasteiger partial charge in [0, 0.05) is 37.6 Å². The van der Waals surface area contributed by atoms with Crippen LogP contribution in [0.5, 0.6) is 5.75 Å². The van der Waals surface area contributed by atoms with Gasteiger partial charge >= 0.3 is 5.97 Å². The van der Waals surface area contributed by atoms with Crippen molar-refractivity contribution in [2.75, 3.05) is 26.3 Å². The van der Waals surface area contributed by atoms with Crippen molar-refractivity contribution in [3.05, 3.63) is 88.0 Å². The number of aliphatic hydroxyl groups excluding tert-OH is 4. The van der Waals surface area contributed by atoms with Gasteiger partial charge in [0.2, 0.25) is 0 Å². The quantitative estimate of drug-likeness (QED) is 0.0602. The van der Waals surface area contributed by atoms with E-state index in [4.69, 9.17) is 0 Å². The summed E-state index contributed by atoms with van der Waals surface area (Å²) in [5, 5.41) is 82.2. The second-order valence-electron chi connectivity index (χ2n) is 16.3. The zero-order chi connectivity index (χ0) is 41.4. The zero-order valence-electron chi connectivity index (χ0n) is 34.3. The number of carboxylic acid groups (broad SMARTS) is 1. The lowest BCUT2D eigenvalue weighted by atomic mass is 9.73. The number of aliphatic hydroxyl groups is 5. The molecule has 1 aliphatic heterocycles. The van der Waals surface area contributed by atoms with Crippen LogP contribution in [-0.2, 0) is 17.6 Å². The van der Waals surface area contributed by atoms with Crippen molar-refractivity contribution in [2.45, 2.75) is 146 Å². The van der Waals surface area contributed by atoms with Crippen LogP contribution in [0.15, 0.2) is 65.8 Å². The van der Waals surface area contributed by atoms with E-state index in [1.54, 1.807) is 25.1 Å². The maximum absolute atomic E-state index is 12.5. The van der Waals surface area contributed by atoms with Crippen LogP contribution in [0.4, 0.5) is 0 Å². The standard InChI is InChI=1S/C47H68N2O8/c1-4-6-7-11-38(52)20-16-33-14-13-32-10-8-9-12-41(32)34-17-23-44(42-22-21-39(53)28-35(42)25-26-50)47(3,57)31-49-46(43(33)29-40(54)30-51)36(27-34)15-18-37(48-5-2)19-24-45(55)56/h8-10,12,16,20-22,28,34,36-38,40,44,46,48-54,57H,4-7,11,13-15,18-19,24-27,29-31H2,1-3H3,(H,55,56)/b20-16-,43-33+/t34-,36+,37-,38+,40+,44+,46+,47-/m1/s1. The van der Waals surface area contributed by atoms with Crippen LogP contribution in [-0.4, -0.2) is 97.9 Å². The molecule has 0 saturated carbocycles. The van der Waals surface area contributed by atoms with Crippen molar-refractivity contribution < 1.29 is 40.5 Å². The Morgan fingerprint density at radius 1 is 1.04 bits per heavy atom. The van der Waals surface area contributed by atoms with E-state index in [1.807, 2.05) is 31.2 Å². The van der Waals surface area contributed by atoms with Gasteiger partial charge in [0.25, 0.3) is 0 Å². The normalized spacial score (nSPS) is 25.6. The highest BCUT2D eigenvalue weighted by Gasteiger charge is 2.39. The minimum Gasteiger partial charge on any atom is -0.508 e. The van der Waals surface area contributed by atoms with Crippen LogP contribution < -0.4 is 10.6 Å². The number of aryl methyl sites for hydroxylation is 1. The molecular formula is C47H68N2O8. The molecule has 57 heavy (non-hydrogen) atoms. The Balaban J connectivity index is 1.97. The Kier molecular flexibility index (Phi) is 18.8. The molecule has 0 fully saturated rings. The van der Waals surface area contributed by atoms with E-state index < -0.39 is 36.3 Å². The number of phenols is 1. The fourth-order valence-electron chi connectivity index (χ4n) is 8.72. The van der Waals surface area contributed by atoms with Crippen LogP contribution in [0, 0.1) is 17.8 Å². The monoisotopic (exact) mass is 788 g/mol. The first-order valence-electron chi connectivity index (χ1n) is 21.2. The third kappa shape index (κ3) is 13.8. The van der Waals surface area contributed by atoms with Crippen LogP contribution in [0.1, 0.15) is 125 Å². The Bertz CT molecular complexity index is 1690. The molecule has 1 aliphatic carbocycles. The van der Waals surface area contributed by atoms with Gasteiger partial charge in [-0.3, -0.25) is 4.79 Å². The molecule has 1 heterocycles. The van der Waals surface area contributed by atoms with Gasteiger partial charge in [-0.25, -0.2) is 0 Å². The summed E-state index contributed by atoms with van der Waals surface area (Å²) >= 11 is 0. The molecule has 8 atom stereocenters. The number of benzene rings is 2. The fraction of sp³-hybridized carbons (Fsp3) is 0.596. The fourth-order valence-corrected chi connectivity index (χ4v) is 8.72. The molecule has 314 valence electrons. The first-order chi connectivity index (χ1) is 27.4. The Morgan fingerprint density at radius 3 is 2.54 bits per heavy atom. The number of rotatable bonds is 20. The number of allylic oxidation sites excluding steroid dienone is 2. The number of unbranched alkanes of at least 4 members (excludes halogenated alkanes) is 2. The average molecular weight is 789 g/mol. The summed E-state index contributed by atoms with van der Waals surface area (Å²) in [5.41, 5.74) is 4.10. The van der Waals surface area contributed by atoms with Gasteiger partial charge in [-0.1, -0.05) is 87.4 Å². The summed E-state index contributed by atoms with van der Waals surface area (Å²) in [4.78, 5) is 11.6. The van der Waals surface area contributed by atoms with Gasteiger partial charge < -0.3 is 46.4 Å². The molecule has 2 aliphatic rings. The molecule has 0 aromatic heterocycles. The predicted molar refractivity (Wildman–Crippen MR) is 225 cm³/mol. The third-order valence-electron chi connectivity index (χ3n) is 11.8. The second kappa shape index (κ2) is 23.2. The van der Waals surface area contributed by atoms with Gasteiger partial charge in [-0.15, -0.1) is 0 Å². The van der Waals surface area contributed by atoms with Crippen molar-refractivity contribution >= 4 is 5.97 Å². The molecule has 2 aromatic carbocycles. The first kappa shape index (κ1) is 46.2. The number of carboxylic acids is 1. The SMILES string of the molecule is CCCCC[C@H](O)/C=C\C1=C(/C[C@H](O)CO)[C@H]2NC[C@@](C)(O)[C@H](c3ccc(O)cc3CCO)C#C[C@H](C[C@@H]2CC[C@H](CCC(=O)O)NCC)c2ccccc2CC1. The minimum atomic E-state index is -1.44. The van der Waals surface area contributed by atoms with Crippen LogP contribution >= 0.6 is 0 Å². The molecular weight excluding hydrogens is 721 g/mol. The number of aliphatic carboxylic acids is 1. The molecule has 2 bridgehead atoms. The largest absolute Gasteiger partial charge is 0.508 e. The Labute approximate surface area is 340 Å². The summed E-state index contributed by atoms with van der Waals surface area (Å²) < 4.78 is 0. The second-order valence-corrected chi connectivity index (χ2v) is 16.3. The van der Waals surface area contributed by atoms with Gasteiger partial charge in [0.1, 0.15) is 5.75 Å². The minimum absolute atomic E-state index is 0.0353. The Morgan fingerprint density at radius 2 is 1.82 bits per heavy atom. The zero-order valence-corrected chi connectivity index (χ0v) is 34.3. The van der Waals surface area contributed by atoms with E-state index in [0.29, 0.717) is 57.1 Å². The van der Waals surface area contributed by atoms with E-state index >= 15 is 0 Å². The Hall–Kier alpha value is -3.53. The lowest BCUT2D eigenvalue weighted by Crippen LogP contribution is -2.50. The maximum Gasteiger partial charge on any atom is 0.303 e. The van der Waals surface area contributed by atoms with Crippen molar-refractivity contribution in [1.82, 2.24) is 10.6 Å². The number of fused-ring (bicyclic) bond motifs is 5. The molecule has 0 saturated heterocycles. The highest BCUT2D eigenvalue weighted by atomic mass is 16.4. The third-order valence-corrected chi connectivity index (χ3v) is 11.8. The highest BCUT2D eigenvalue weighted by molar-refractivity contribution is 5.66. The highest BCUT2D eigenvalue weighted by Crippen LogP contribution is 2.40. The van der Waals surface area contributed by atoms with Crippen molar-refractivity contribution in [1.29, 1.82) is 0 Å². The van der Waals surface area contributed by atoms with Gasteiger partial charge in [0.05, 0.1) is 30.3 Å². The molecule has 9 N–H and O–H groups in total. The number of hydrogen-bond acceptors (Lipinski definition) is 9. The van der Waals surface area contributed by atoms with E-state index in [0.717, 1.165) is 47.1 Å². The van der Waals surface area contributed by atoms with Crippen LogP contribution in [0.2, 0.25) is 0 Å². The number of aromatic hydroxyl groups is 1. The van der Waals surface area contributed by atoms with Crippen LogP contribution in [0.25, 0.3) is 0 Å². The maximum atomic E-state index is 12.5. The molecule has 0 amide bonds. The van der Waals surface area contributed by atoms with E-state index in [1.165, 1.54) is 0 Å². The first-order valence-corrected chi connectivity index (χ1v) is 21.2. The molecule has 0 spiro atoms. The average Bonchev–Trinajstić information content (AvgIpc) is 3.18. The summed E-state index contributed by atoms with van der Waals surface area (Å²) in [5.74, 6) is 5.37. The van der Waals surface area contributed by atoms with Crippen molar-refractivity contribution in [3.63, 3.8) is 0 Å². The number of phenolic OH excluding ortho intramolecular Hbond substituents is 1. The lowest BCUT2D eigenvalue weighted by molar-refractivity contribution is -0.137. The topological polar surface area (TPSA) is 183 Å². The predicted octanol–water partition coefficient (Wildman–Crippen LogP) is 5.63. The lowest BCUT2D eigenvalue weighted by Gasteiger charge is -2.40. The van der Waals surface area contributed by atoms with Gasteiger partial charge in [-0.05, 0) is 123 Å². The van der Waals surface area contributed by atoms with E-state index in [2.05, 4.69) is 41.5 Å². The number of carbonyl (C=O) groups is 1. The smallest absolute Gasteiger partial charge is 0.303 e. The number of nitrogens with one attached hydrogen (secondary N) is 2. The number of hydrogen-bond donors (Lipinski definition) is 9. The number of β-amino-alcohol motifs (C(OH)–C–C–N with tert-alkyl or cyclic N) is 1. The molecule has 2 aromatic rings. The summed E-state index contributed by atoms with van der Waals surface area (Å²) in [7, 11) is 0. The van der Waals surface area contributed by atoms with Gasteiger partial charge in [0.15, 0.2) is 0 Å². The summed E-state index contributed by atoms with van der Waals surface area (Å²) in [6, 6.07) is 12.9. The van der Waals surface area contributed by atoms with E-state index in [9.17, 15) is 40.5 Å². The van der Waals surface area contributed by atoms with Crippen molar-refractivity contribution in [3.8, 4) is 17.6 Å². The summed E-state index contributed by atoms with van der Waals surface area (Å²) in [6.45, 7) is 6.14.